The summed E-state index contributed by atoms with van der Waals surface area (Å²) in [5.41, 5.74) is 2.36. The first-order chi connectivity index (χ1) is 23.2. The van der Waals surface area contributed by atoms with E-state index in [1.807, 2.05) is 29.6 Å². The summed E-state index contributed by atoms with van der Waals surface area (Å²) >= 11 is 2.67. The van der Waals surface area contributed by atoms with Crippen LogP contribution in [-0.4, -0.2) is 55.1 Å². The Kier molecular flexibility index (Phi) is 9.59. The zero-order valence-electron chi connectivity index (χ0n) is 25.7. The van der Waals surface area contributed by atoms with Gasteiger partial charge < -0.3 is 10.1 Å². The summed E-state index contributed by atoms with van der Waals surface area (Å²) in [6.45, 7) is 1.44. The van der Waals surface area contributed by atoms with Crippen LogP contribution in [0.5, 0.6) is 5.75 Å². The first-order valence-electron chi connectivity index (χ1n) is 14.7. The van der Waals surface area contributed by atoms with Gasteiger partial charge in [0, 0.05) is 23.6 Å². The number of nitro benzene ring substituents is 1. The predicted molar refractivity (Wildman–Crippen MR) is 179 cm³/mol. The second-order valence-corrected chi connectivity index (χ2v) is 12.5. The number of amides is 2. The van der Waals surface area contributed by atoms with Crippen molar-refractivity contribution in [3.05, 3.63) is 128 Å². The Bertz CT molecular complexity index is 2020. The summed E-state index contributed by atoms with van der Waals surface area (Å²) in [5, 5.41) is 31.3. The first-order valence-corrected chi connectivity index (χ1v) is 16.5. The van der Waals surface area contributed by atoms with Crippen LogP contribution in [0.1, 0.15) is 44.6 Å². The summed E-state index contributed by atoms with van der Waals surface area (Å²) in [7, 11) is 1.53. The maximum Gasteiger partial charge on any atom is 0.273 e. The van der Waals surface area contributed by atoms with Crippen molar-refractivity contribution >= 4 is 46.3 Å². The number of nitrogens with zero attached hydrogens (tertiary/aromatic N) is 6. The van der Waals surface area contributed by atoms with E-state index < -0.39 is 16.9 Å². The van der Waals surface area contributed by atoms with E-state index in [1.54, 1.807) is 28.8 Å². The molecule has 6 rings (SSSR count). The summed E-state index contributed by atoms with van der Waals surface area (Å²) in [4.78, 5) is 38.7. The van der Waals surface area contributed by atoms with E-state index in [0.717, 1.165) is 27.9 Å². The number of carbonyl (C=O) groups is 2. The molecule has 0 radical (unpaired) electrons. The molecule has 0 fully saturated rings. The number of hydrogen-bond donors (Lipinski definition) is 1. The topological polar surface area (TPSA) is 145 Å². The fourth-order valence-electron chi connectivity index (χ4n) is 5.36. The fraction of sp³-hybridized carbons (Fsp3) is 0.182. The van der Waals surface area contributed by atoms with E-state index >= 15 is 0 Å². The van der Waals surface area contributed by atoms with E-state index in [1.165, 1.54) is 60.7 Å². The number of rotatable bonds is 11. The molecule has 244 valence electrons. The van der Waals surface area contributed by atoms with E-state index in [9.17, 15) is 24.1 Å². The van der Waals surface area contributed by atoms with Crippen LogP contribution >= 0.6 is 23.1 Å². The SMILES string of the molecule is COc1ccccc1-n1c(CNC(=O)c2cccc([N+](=O)[O-])c2C)nnc1SCC(=O)N1N=C(c2cccs2)CC1c1ccc(F)cc1. The Balaban J connectivity index is 1.26. The minimum Gasteiger partial charge on any atom is -0.495 e. The second-order valence-electron chi connectivity index (χ2n) is 10.6. The number of para-hydroxylation sites is 2. The number of nitro groups is 1. The molecule has 1 aliphatic rings. The first kappa shape index (κ1) is 32.5. The summed E-state index contributed by atoms with van der Waals surface area (Å²) < 4.78 is 21.0. The highest BCUT2D eigenvalue weighted by molar-refractivity contribution is 7.99. The third-order valence-corrected chi connectivity index (χ3v) is 9.56. The molecule has 0 saturated heterocycles. The average Bonchev–Trinajstić information content (AvgIpc) is 3.87. The lowest BCUT2D eigenvalue weighted by molar-refractivity contribution is -0.385. The minimum atomic E-state index is -0.534. The number of thiophene rings is 1. The maximum absolute atomic E-state index is 13.8. The van der Waals surface area contributed by atoms with Gasteiger partial charge in [-0.05, 0) is 54.3 Å². The third-order valence-electron chi connectivity index (χ3n) is 7.73. The number of hydrazone groups is 1. The Morgan fingerprint density at radius 1 is 1.08 bits per heavy atom. The number of nitrogens with one attached hydrogen (secondary N) is 1. The average molecular weight is 686 g/mol. The zero-order chi connectivity index (χ0) is 33.8. The van der Waals surface area contributed by atoms with Crippen LogP contribution in [-0.2, 0) is 11.3 Å². The van der Waals surface area contributed by atoms with Gasteiger partial charge in [-0.15, -0.1) is 21.5 Å². The largest absolute Gasteiger partial charge is 0.495 e. The van der Waals surface area contributed by atoms with E-state index in [-0.39, 0.29) is 40.8 Å². The Hall–Kier alpha value is -5.41. The van der Waals surface area contributed by atoms with Gasteiger partial charge in [-0.1, -0.05) is 48.2 Å². The summed E-state index contributed by atoms with van der Waals surface area (Å²) in [6, 6.07) is 21.0. The number of methoxy groups -OCH3 is 1. The van der Waals surface area contributed by atoms with Crippen LogP contribution in [0.4, 0.5) is 10.1 Å². The van der Waals surface area contributed by atoms with E-state index in [4.69, 9.17) is 4.74 Å². The normalized spacial score (nSPS) is 14.1. The molecule has 1 atom stereocenters. The highest BCUT2D eigenvalue weighted by atomic mass is 32.2. The number of hydrogen-bond acceptors (Lipinski definition) is 10. The van der Waals surface area contributed by atoms with Gasteiger partial charge in [0.25, 0.3) is 17.5 Å². The van der Waals surface area contributed by atoms with Crippen LogP contribution in [0.25, 0.3) is 5.69 Å². The van der Waals surface area contributed by atoms with Crippen molar-refractivity contribution in [2.45, 2.75) is 31.1 Å². The Labute approximate surface area is 282 Å². The van der Waals surface area contributed by atoms with Crippen molar-refractivity contribution in [1.82, 2.24) is 25.1 Å². The molecule has 2 amide bonds. The number of ether oxygens (including phenoxy) is 1. The van der Waals surface area contributed by atoms with Crippen molar-refractivity contribution in [2.75, 3.05) is 12.9 Å². The number of halogens is 1. The van der Waals surface area contributed by atoms with Gasteiger partial charge in [-0.3, -0.25) is 24.3 Å². The van der Waals surface area contributed by atoms with E-state index in [2.05, 4.69) is 20.6 Å². The van der Waals surface area contributed by atoms with Gasteiger partial charge in [0.2, 0.25) is 0 Å². The summed E-state index contributed by atoms with van der Waals surface area (Å²) in [6.07, 6.45) is 0.480. The van der Waals surface area contributed by atoms with Crippen LogP contribution < -0.4 is 10.1 Å². The van der Waals surface area contributed by atoms with Crippen molar-refractivity contribution in [2.24, 2.45) is 5.10 Å². The van der Waals surface area contributed by atoms with Crippen molar-refractivity contribution in [1.29, 1.82) is 0 Å². The maximum atomic E-state index is 13.8. The van der Waals surface area contributed by atoms with Crippen LogP contribution in [0.2, 0.25) is 0 Å². The predicted octanol–water partition coefficient (Wildman–Crippen LogP) is 6.09. The molecule has 1 N–H and O–H groups in total. The number of benzene rings is 3. The third kappa shape index (κ3) is 6.68. The molecule has 2 aromatic heterocycles. The highest BCUT2D eigenvalue weighted by Crippen LogP contribution is 2.35. The number of carbonyl (C=O) groups excluding carboxylic acids is 2. The lowest BCUT2D eigenvalue weighted by Crippen LogP contribution is -2.28. The zero-order valence-corrected chi connectivity index (χ0v) is 27.3. The van der Waals surface area contributed by atoms with Gasteiger partial charge in [0.15, 0.2) is 11.0 Å². The molecule has 3 aromatic carbocycles. The molecule has 5 aromatic rings. The second kappa shape index (κ2) is 14.1. The standard InChI is InChI=1S/C33H28FN7O5S2/c1-20-23(7-5-9-25(20)41(44)45)32(43)35-18-30-36-37-33(39(30)26-8-3-4-10-28(26)46-2)48-19-31(42)40-27(21-12-14-22(34)15-13-21)17-24(38-40)29-11-6-16-47-29/h3-16,27H,17-19H2,1-2H3,(H,35,43). The minimum absolute atomic E-state index is 0.0502. The summed E-state index contributed by atoms with van der Waals surface area (Å²) in [5.74, 6) is -0.372. The highest BCUT2D eigenvalue weighted by Gasteiger charge is 2.34. The molecule has 0 bridgehead atoms. The van der Waals surface area contributed by atoms with Crippen LogP contribution in [0.3, 0.4) is 0 Å². The lowest BCUT2D eigenvalue weighted by atomic mass is 10.0. The van der Waals surface area contributed by atoms with Gasteiger partial charge in [-0.25, -0.2) is 9.40 Å². The lowest BCUT2D eigenvalue weighted by Gasteiger charge is -2.22. The smallest absolute Gasteiger partial charge is 0.273 e. The van der Waals surface area contributed by atoms with Gasteiger partial charge in [0.05, 0.1) is 46.6 Å². The molecule has 0 aliphatic carbocycles. The number of thioether (sulfide) groups is 1. The molecule has 3 heterocycles. The number of aromatic nitrogens is 3. The molecule has 15 heteroatoms. The van der Waals surface area contributed by atoms with Crippen molar-refractivity contribution in [3.8, 4) is 11.4 Å². The molecule has 1 aliphatic heterocycles. The van der Waals surface area contributed by atoms with E-state index in [0.29, 0.717) is 28.8 Å². The fourth-order valence-corrected chi connectivity index (χ4v) is 6.89. The Morgan fingerprint density at radius 3 is 2.60 bits per heavy atom. The quantitative estimate of drug-likeness (QED) is 0.0999. The molecule has 48 heavy (non-hydrogen) atoms. The van der Waals surface area contributed by atoms with Gasteiger partial charge >= 0.3 is 0 Å². The van der Waals surface area contributed by atoms with Crippen molar-refractivity contribution < 1.29 is 23.6 Å². The van der Waals surface area contributed by atoms with Crippen LogP contribution in [0.15, 0.2) is 94.5 Å². The molecule has 1 unspecified atom stereocenters. The Morgan fingerprint density at radius 2 is 1.88 bits per heavy atom. The molecule has 12 nitrogen and oxygen atoms in total. The van der Waals surface area contributed by atoms with Crippen LogP contribution in [0, 0.1) is 22.9 Å². The molecule has 0 spiro atoms. The van der Waals surface area contributed by atoms with Gasteiger partial charge in [0.1, 0.15) is 11.6 Å². The molecular formula is C33H28FN7O5S2. The van der Waals surface area contributed by atoms with Crippen molar-refractivity contribution in [3.63, 3.8) is 0 Å². The monoisotopic (exact) mass is 685 g/mol. The molecular weight excluding hydrogens is 658 g/mol. The molecule has 0 saturated carbocycles. The van der Waals surface area contributed by atoms with Gasteiger partial charge in [-0.2, -0.15) is 5.10 Å².